The summed E-state index contributed by atoms with van der Waals surface area (Å²) in [6.45, 7) is 3.21. The summed E-state index contributed by atoms with van der Waals surface area (Å²) in [6, 6.07) is 11.3. The van der Waals surface area contributed by atoms with Gasteiger partial charge in [0.25, 0.3) is 15.9 Å². The van der Waals surface area contributed by atoms with Gasteiger partial charge in [0.05, 0.1) is 29.7 Å². The van der Waals surface area contributed by atoms with Crippen molar-refractivity contribution in [3.63, 3.8) is 0 Å². The Hall–Kier alpha value is -3.04. The second kappa shape index (κ2) is 11.8. The van der Waals surface area contributed by atoms with Gasteiger partial charge in [0, 0.05) is 25.2 Å². The number of anilines is 1. The fraction of sp³-hybridized carbons (Fsp3) is 0.346. The average molecular weight is 612 g/mol. The van der Waals surface area contributed by atoms with E-state index in [2.05, 4.69) is 4.72 Å². The lowest BCUT2D eigenvalue weighted by Gasteiger charge is -2.38. The number of fused-ring (bicyclic) bond motifs is 1. The normalized spacial score (nSPS) is 18.9. The maximum Gasteiger partial charge on any atom is 0.271 e. The first kappa shape index (κ1) is 29.9. The summed E-state index contributed by atoms with van der Waals surface area (Å²) < 4.78 is 75.1. The Balaban J connectivity index is 1.68. The number of aliphatic hydroxyl groups excluding tert-OH is 1. The number of nitrogens with one attached hydrogen (secondary N) is 1. The van der Waals surface area contributed by atoms with Crippen molar-refractivity contribution in [2.75, 3.05) is 31.5 Å². The zero-order valence-electron chi connectivity index (χ0n) is 22.0. The molecule has 0 fully saturated rings. The number of ether oxygens (including phenoxy) is 1. The van der Waals surface area contributed by atoms with Crippen LogP contribution in [0.3, 0.4) is 0 Å². The molecule has 0 bridgehead atoms. The summed E-state index contributed by atoms with van der Waals surface area (Å²) in [5, 5.41) is 11.5. The molecular formula is C26H30FN3O7S3. The average Bonchev–Trinajstić information content (AvgIpc) is 3.47. The van der Waals surface area contributed by atoms with Gasteiger partial charge in [0.1, 0.15) is 21.9 Å². The van der Waals surface area contributed by atoms with Crippen LogP contribution in [0.4, 0.5) is 10.1 Å². The predicted octanol–water partition coefficient (Wildman–Crippen LogP) is 3.23. The van der Waals surface area contributed by atoms with Crippen LogP contribution < -0.4 is 9.46 Å². The minimum absolute atomic E-state index is 0.0626. The standard InChI is InChI=1S/C26H30FN3O7S3/c1-17-14-30(18(2)16-31)26(32)22-13-20(28-39(33,34)25-5-4-12-38-25)8-11-23(22)37-24(17)15-29(3)40(35,36)21-9-6-19(27)7-10-21/h4-13,17-18,24,28,31H,14-16H2,1-3H3/t17-,18-,24-/m1/s1. The smallest absolute Gasteiger partial charge is 0.271 e. The number of thiophene rings is 1. The van der Waals surface area contributed by atoms with Crippen molar-refractivity contribution >= 4 is 43.0 Å². The summed E-state index contributed by atoms with van der Waals surface area (Å²) in [5.41, 5.74) is 0.203. The summed E-state index contributed by atoms with van der Waals surface area (Å²) in [5.74, 6) is -1.25. The lowest BCUT2D eigenvalue weighted by molar-refractivity contribution is 0.0387. The minimum atomic E-state index is -3.98. The first-order valence-electron chi connectivity index (χ1n) is 12.3. The molecule has 3 atom stereocenters. The van der Waals surface area contributed by atoms with Gasteiger partial charge in [-0.15, -0.1) is 11.3 Å². The molecule has 0 saturated heterocycles. The number of benzene rings is 2. The molecule has 40 heavy (non-hydrogen) atoms. The van der Waals surface area contributed by atoms with Crippen LogP contribution in [0.2, 0.25) is 0 Å². The highest BCUT2D eigenvalue weighted by Crippen LogP contribution is 2.32. The molecule has 1 aromatic heterocycles. The third-order valence-corrected chi connectivity index (χ3v) is 11.3. The van der Waals surface area contributed by atoms with E-state index in [0.717, 1.165) is 27.8 Å². The van der Waals surface area contributed by atoms with Crippen LogP contribution in [-0.2, 0) is 20.0 Å². The first-order valence-corrected chi connectivity index (χ1v) is 16.1. The molecule has 0 aliphatic carbocycles. The number of hydrogen-bond acceptors (Lipinski definition) is 8. The van der Waals surface area contributed by atoms with Crippen LogP contribution in [0.5, 0.6) is 5.75 Å². The first-order chi connectivity index (χ1) is 18.8. The van der Waals surface area contributed by atoms with Gasteiger partial charge in [0.2, 0.25) is 10.0 Å². The Morgan fingerprint density at radius 2 is 1.88 bits per heavy atom. The molecule has 1 aliphatic rings. The van der Waals surface area contributed by atoms with Crippen LogP contribution >= 0.6 is 11.3 Å². The van der Waals surface area contributed by atoms with Gasteiger partial charge in [-0.3, -0.25) is 9.52 Å². The van der Waals surface area contributed by atoms with E-state index >= 15 is 0 Å². The second-order valence-electron chi connectivity index (χ2n) is 9.61. The zero-order valence-corrected chi connectivity index (χ0v) is 24.5. The quantitative estimate of drug-likeness (QED) is 0.380. The van der Waals surface area contributed by atoms with Crippen LogP contribution in [0.25, 0.3) is 0 Å². The van der Waals surface area contributed by atoms with E-state index in [4.69, 9.17) is 4.74 Å². The molecule has 0 unspecified atom stereocenters. The van der Waals surface area contributed by atoms with Crippen molar-refractivity contribution in [3.8, 4) is 5.75 Å². The number of aliphatic hydroxyl groups is 1. The number of carbonyl (C=O) groups excluding carboxylic acids is 1. The van der Waals surface area contributed by atoms with E-state index in [1.54, 1.807) is 18.4 Å². The van der Waals surface area contributed by atoms with Crippen molar-refractivity contribution < 1.29 is 35.9 Å². The summed E-state index contributed by atoms with van der Waals surface area (Å²) in [6.07, 6.45) is -0.728. The van der Waals surface area contributed by atoms with E-state index < -0.39 is 43.9 Å². The van der Waals surface area contributed by atoms with E-state index in [9.17, 15) is 31.1 Å². The number of carbonyl (C=O) groups is 1. The Morgan fingerprint density at radius 3 is 2.50 bits per heavy atom. The fourth-order valence-electron chi connectivity index (χ4n) is 4.26. The molecule has 0 radical (unpaired) electrons. The summed E-state index contributed by atoms with van der Waals surface area (Å²) >= 11 is 1.05. The molecule has 2 N–H and O–H groups in total. The molecule has 1 aliphatic heterocycles. The molecule has 10 nitrogen and oxygen atoms in total. The summed E-state index contributed by atoms with van der Waals surface area (Å²) in [7, 11) is -6.48. The maximum atomic E-state index is 13.6. The molecular weight excluding hydrogens is 581 g/mol. The number of rotatable bonds is 9. The monoisotopic (exact) mass is 611 g/mol. The number of amides is 1. The number of likely N-dealkylation sites (N-methyl/N-ethyl adjacent to an activating group) is 1. The van der Waals surface area contributed by atoms with Gasteiger partial charge in [-0.1, -0.05) is 13.0 Å². The van der Waals surface area contributed by atoms with Gasteiger partial charge in [-0.2, -0.15) is 4.31 Å². The highest BCUT2D eigenvalue weighted by atomic mass is 32.2. The Bertz CT molecular complexity index is 1560. The lowest BCUT2D eigenvalue weighted by Crippen LogP contribution is -2.50. The topological polar surface area (TPSA) is 133 Å². The van der Waals surface area contributed by atoms with Crippen molar-refractivity contribution in [3.05, 3.63) is 71.4 Å². The minimum Gasteiger partial charge on any atom is -0.488 e. The van der Waals surface area contributed by atoms with Crippen molar-refractivity contribution in [1.82, 2.24) is 9.21 Å². The van der Waals surface area contributed by atoms with Gasteiger partial charge in [-0.05, 0) is 60.8 Å². The molecule has 14 heteroatoms. The number of halogens is 1. The molecule has 2 aromatic carbocycles. The van der Waals surface area contributed by atoms with Gasteiger partial charge in [-0.25, -0.2) is 21.2 Å². The van der Waals surface area contributed by atoms with Crippen LogP contribution in [-0.4, -0.2) is 75.9 Å². The van der Waals surface area contributed by atoms with Crippen molar-refractivity contribution in [2.24, 2.45) is 5.92 Å². The van der Waals surface area contributed by atoms with Crippen molar-refractivity contribution in [2.45, 2.75) is 35.1 Å². The third kappa shape index (κ3) is 6.31. The number of nitrogens with zero attached hydrogens (tertiary/aromatic N) is 2. The van der Waals surface area contributed by atoms with Crippen molar-refractivity contribution in [1.29, 1.82) is 0 Å². The van der Waals surface area contributed by atoms with E-state index in [0.29, 0.717) is 0 Å². The Kier molecular flexibility index (Phi) is 8.85. The Labute approximate surface area is 237 Å². The van der Waals surface area contributed by atoms with Gasteiger partial charge < -0.3 is 14.7 Å². The molecule has 0 spiro atoms. The summed E-state index contributed by atoms with van der Waals surface area (Å²) in [4.78, 5) is 15.0. The molecule has 4 rings (SSSR count). The van der Waals surface area contributed by atoms with Crippen LogP contribution in [0.1, 0.15) is 24.2 Å². The SMILES string of the molecule is C[C@@H]1CN([C@H](C)CO)C(=O)c2cc(NS(=O)(=O)c3cccs3)ccc2O[C@@H]1CN(C)S(=O)(=O)c1ccc(F)cc1. The predicted molar refractivity (Wildman–Crippen MR) is 149 cm³/mol. The molecule has 0 saturated carbocycles. The Morgan fingerprint density at radius 1 is 1.18 bits per heavy atom. The highest BCUT2D eigenvalue weighted by molar-refractivity contribution is 7.94. The number of hydrogen-bond donors (Lipinski definition) is 2. The van der Waals surface area contributed by atoms with Crippen LogP contribution in [0, 0.1) is 11.7 Å². The highest BCUT2D eigenvalue weighted by Gasteiger charge is 2.35. The van der Waals surface area contributed by atoms with E-state index in [1.807, 2.05) is 6.92 Å². The molecule has 1 amide bonds. The zero-order chi connectivity index (χ0) is 29.2. The largest absolute Gasteiger partial charge is 0.488 e. The van der Waals surface area contributed by atoms with Gasteiger partial charge in [0.15, 0.2) is 0 Å². The molecule has 216 valence electrons. The van der Waals surface area contributed by atoms with Gasteiger partial charge >= 0.3 is 0 Å². The molecule has 3 aromatic rings. The molecule has 2 heterocycles. The van der Waals surface area contributed by atoms with E-state index in [-0.39, 0.29) is 51.7 Å². The van der Waals surface area contributed by atoms with E-state index in [1.165, 1.54) is 48.3 Å². The number of sulfonamides is 2. The third-order valence-electron chi connectivity index (χ3n) is 6.64. The van der Waals surface area contributed by atoms with Crippen LogP contribution in [0.15, 0.2) is 69.1 Å². The maximum absolute atomic E-state index is 13.6. The fourth-order valence-corrected chi connectivity index (χ4v) is 7.49. The second-order valence-corrected chi connectivity index (χ2v) is 14.5. The lowest BCUT2D eigenvalue weighted by atomic mass is 9.99.